The Morgan fingerprint density at radius 1 is 1.00 bits per heavy atom. The number of anilines is 1. The molecule has 1 N–H and O–H groups in total. The van der Waals surface area contributed by atoms with E-state index in [0.29, 0.717) is 17.2 Å². The lowest BCUT2D eigenvalue weighted by atomic mass is 10.0. The quantitative estimate of drug-likeness (QED) is 0.381. The summed E-state index contributed by atoms with van der Waals surface area (Å²) in [7, 11) is 0. The molecule has 0 bridgehead atoms. The third kappa shape index (κ3) is 4.84. The van der Waals surface area contributed by atoms with Gasteiger partial charge in [-0.15, -0.1) is 0 Å². The second-order valence-corrected chi connectivity index (χ2v) is 7.98. The smallest absolute Gasteiger partial charge is 0.416 e. The zero-order valence-electron chi connectivity index (χ0n) is 18.5. The molecule has 0 aliphatic carbocycles. The molecule has 4 aromatic rings. The molecular weight excluding hydrogens is 461 g/mol. The predicted molar refractivity (Wildman–Crippen MR) is 124 cm³/mol. The Bertz CT molecular complexity index is 1420. The molecule has 0 saturated carbocycles. The molecule has 5 rings (SSSR count). The minimum Gasteiger partial charge on any atom is -0.484 e. The summed E-state index contributed by atoms with van der Waals surface area (Å²) < 4.78 is 54.1. The highest BCUT2D eigenvalue weighted by Crippen LogP contribution is 2.36. The molecule has 0 fully saturated rings. The molecule has 3 aromatic carbocycles. The van der Waals surface area contributed by atoms with Crippen molar-refractivity contribution < 1.29 is 32.2 Å². The second kappa shape index (κ2) is 8.83. The van der Waals surface area contributed by atoms with Crippen LogP contribution in [0.15, 0.2) is 66.7 Å². The Morgan fingerprint density at radius 2 is 1.77 bits per heavy atom. The Hall–Kier alpha value is -4.27. The number of aromatic nitrogens is 1. The fourth-order valence-electron chi connectivity index (χ4n) is 3.76. The first-order valence-electron chi connectivity index (χ1n) is 10.7. The van der Waals surface area contributed by atoms with Gasteiger partial charge in [0, 0.05) is 16.6 Å². The molecule has 0 unspecified atom stereocenters. The molecule has 6 nitrogen and oxygen atoms in total. The number of nitrogens with one attached hydrogen (secondary N) is 1. The van der Waals surface area contributed by atoms with Gasteiger partial charge in [0.25, 0.3) is 5.91 Å². The molecule has 0 atom stereocenters. The molecule has 0 saturated heterocycles. The Labute approximate surface area is 198 Å². The first-order chi connectivity index (χ1) is 16.8. The summed E-state index contributed by atoms with van der Waals surface area (Å²) in [4.78, 5) is 17.0. The van der Waals surface area contributed by atoms with Gasteiger partial charge in [-0.3, -0.25) is 4.79 Å². The first kappa shape index (κ1) is 22.5. The van der Waals surface area contributed by atoms with E-state index in [4.69, 9.17) is 19.2 Å². The highest BCUT2D eigenvalue weighted by atomic mass is 19.4. The molecule has 9 heteroatoms. The highest BCUT2D eigenvalue weighted by Gasteiger charge is 2.30. The minimum atomic E-state index is -4.43. The highest BCUT2D eigenvalue weighted by molar-refractivity contribution is 5.95. The van der Waals surface area contributed by atoms with Crippen molar-refractivity contribution in [3.05, 3.63) is 77.9 Å². The third-order valence-corrected chi connectivity index (χ3v) is 5.52. The number of aryl methyl sites for hydroxylation is 1. The minimum absolute atomic E-state index is 0.169. The fourth-order valence-corrected chi connectivity index (χ4v) is 3.76. The van der Waals surface area contributed by atoms with Crippen LogP contribution in [0, 0.1) is 6.92 Å². The van der Waals surface area contributed by atoms with Crippen LogP contribution in [0.25, 0.3) is 22.2 Å². The topological polar surface area (TPSA) is 69.7 Å². The van der Waals surface area contributed by atoms with Crippen LogP contribution in [-0.2, 0) is 11.0 Å². The van der Waals surface area contributed by atoms with E-state index < -0.39 is 17.6 Å². The van der Waals surface area contributed by atoms with Crippen LogP contribution < -0.4 is 19.5 Å². The number of rotatable bonds is 5. The molecule has 0 radical (unpaired) electrons. The van der Waals surface area contributed by atoms with E-state index in [9.17, 15) is 18.0 Å². The Balaban J connectivity index is 1.27. The van der Waals surface area contributed by atoms with Crippen molar-refractivity contribution in [3.63, 3.8) is 0 Å². The van der Waals surface area contributed by atoms with E-state index in [1.54, 1.807) is 6.07 Å². The van der Waals surface area contributed by atoms with Gasteiger partial charge in [-0.2, -0.15) is 13.2 Å². The van der Waals surface area contributed by atoms with Crippen molar-refractivity contribution in [1.29, 1.82) is 0 Å². The van der Waals surface area contributed by atoms with Gasteiger partial charge in [-0.1, -0.05) is 0 Å². The molecule has 2 heterocycles. The van der Waals surface area contributed by atoms with Crippen molar-refractivity contribution in [1.82, 2.24) is 4.98 Å². The molecule has 1 amide bonds. The number of fused-ring (bicyclic) bond motifs is 2. The van der Waals surface area contributed by atoms with Crippen molar-refractivity contribution in [2.45, 2.75) is 13.1 Å². The number of benzene rings is 3. The zero-order chi connectivity index (χ0) is 24.6. The number of amides is 1. The van der Waals surface area contributed by atoms with Crippen LogP contribution in [0.4, 0.5) is 18.9 Å². The summed E-state index contributed by atoms with van der Waals surface area (Å²) in [5, 5.41) is 3.61. The van der Waals surface area contributed by atoms with Crippen LogP contribution in [-0.4, -0.2) is 24.3 Å². The number of carbonyl (C=O) groups excluding carboxylic acids is 1. The molecular formula is C26H19F3N2O4. The van der Waals surface area contributed by atoms with Crippen molar-refractivity contribution in [2.24, 2.45) is 0 Å². The van der Waals surface area contributed by atoms with Crippen LogP contribution in [0.1, 0.15) is 11.1 Å². The van der Waals surface area contributed by atoms with E-state index >= 15 is 0 Å². The maximum absolute atomic E-state index is 12.7. The van der Waals surface area contributed by atoms with E-state index in [1.165, 1.54) is 12.1 Å². The standard InChI is InChI=1S/C26H19F3N2O4/c1-15-10-22(16-2-9-23-24(11-16)35-14-34-23)31-21-8-5-18(12-20(15)21)30-25(32)13-33-19-6-3-17(4-7-19)26(27,28)29/h2-12H,13-14H2,1H3,(H,30,32). The summed E-state index contributed by atoms with van der Waals surface area (Å²) in [6.45, 7) is 1.82. The normalized spacial score (nSPS) is 12.6. The van der Waals surface area contributed by atoms with Gasteiger partial charge in [0.15, 0.2) is 18.1 Å². The van der Waals surface area contributed by atoms with Gasteiger partial charge in [-0.25, -0.2) is 4.98 Å². The summed E-state index contributed by atoms with van der Waals surface area (Å²) in [5.74, 6) is 1.11. The maximum Gasteiger partial charge on any atom is 0.416 e. The molecule has 178 valence electrons. The summed E-state index contributed by atoms with van der Waals surface area (Å²) in [6.07, 6.45) is -4.43. The number of halogens is 3. The Morgan fingerprint density at radius 3 is 2.54 bits per heavy atom. The molecule has 0 spiro atoms. The molecule has 35 heavy (non-hydrogen) atoms. The number of nitrogens with zero attached hydrogens (tertiary/aromatic N) is 1. The predicted octanol–water partition coefficient (Wildman–Crippen LogP) is 5.98. The molecule has 1 aromatic heterocycles. The van der Waals surface area contributed by atoms with Gasteiger partial charge < -0.3 is 19.5 Å². The van der Waals surface area contributed by atoms with Crippen LogP contribution >= 0.6 is 0 Å². The van der Waals surface area contributed by atoms with E-state index in [1.807, 2.05) is 43.3 Å². The van der Waals surface area contributed by atoms with Crippen LogP contribution in [0.2, 0.25) is 0 Å². The lowest BCUT2D eigenvalue weighted by Crippen LogP contribution is -2.20. The summed E-state index contributed by atoms with van der Waals surface area (Å²) >= 11 is 0. The van der Waals surface area contributed by atoms with Gasteiger partial charge in [0.2, 0.25) is 6.79 Å². The number of hydrogen-bond acceptors (Lipinski definition) is 5. The first-order valence-corrected chi connectivity index (χ1v) is 10.7. The number of carbonyl (C=O) groups is 1. The van der Waals surface area contributed by atoms with Crippen molar-refractivity contribution in [3.8, 4) is 28.5 Å². The van der Waals surface area contributed by atoms with Crippen molar-refractivity contribution in [2.75, 3.05) is 18.7 Å². The maximum atomic E-state index is 12.7. The molecule has 1 aliphatic rings. The van der Waals surface area contributed by atoms with Gasteiger partial charge in [0.05, 0.1) is 16.8 Å². The largest absolute Gasteiger partial charge is 0.484 e. The van der Waals surface area contributed by atoms with Crippen LogP contribution in [0.3, 0.4) is 0 Å². The second-order valence-electron chi connectivity index (χ2n) is 7.98. The Kier molecular flexibility index (Phi) is 5.68. The number of pyridine rings is 1. The average molecular weight is 480 g/mol. The monoisotopic (exact) mass is 480 g/mol. The zero-order valence-corrected chi connectivity index (χ0v) is 18.5. The van der Waals surface area contributed by atoms with Crippen LogP contribution in [0.5, 0.6) is 17.2 Å². The third-order valence-electron chi connectivity index (χ3n) is 5.52. The van der Waals surface area contributed by atoms with E-state index in [-0.39, 0.29) is 19.1 Å². The summed E-state index contributed by atoms with van der Waals surface area (Å²) in [6, 6.07) is 17.2. The van der Waals surface area contributed by atoms with E-state index in [0.717, 1.165) is 39.9 Å². The van der Waals surface area contributed by atoms with Gasteiger partial charge in [-0.05, 0) is 79.2 Å². The van der Waals surface area contributed by atoms with Gasteiger partial charge >= 0.3 is 6.18 Å². The van der Waals surface area contributed by atoms with Gasteiger partial charge in [0.1, 0.15) is 5.75 Å². The lowest BCUT2D eigenvalue weighted by molar-refractivity contribution is -0.137. The number of hydrogen-bond donors (Lipinski definition) is 1. The summed E-state index contributed by atoms with van der Waals surface area (Å²) in [5.41, 5.74) is 3.19. The number of ether oxygens (including phenoxy) is 3. The lowest BCUT2D eigenvalue weighted by Gasteiger charge is -2.11. The van der Waals surface area contributed by atoms with E-state index in [2.05, 4.69) is 5.32 Å². The fraction of sp³-hybridized carbons (Fsp3) is 0.154. The average Bonchev–Trinajstić information content (AvgIpc) is 3.31. The number of alkyl halides is 3. The molecule has 1 aliphatic heterocycles. The van der Waals surface area contributed by atoms with Crippen molar-refractivity contribution >= 4 is 22.5 Å². The SMILES string of the molecule is Cc1cc(-c2ccc3c(c2)OCO3)nc2ccc(NC(=O)COc3ccc(C(F)(F)F)cc3)cc12.